The van der Waals surface area contributed by atoms with Crippen LogP contribution in [0.3, 0.4) is 0 Å². The van der Waals surface area contributed by atoms with Crippen LogP contribution in [0, 0.1) is 5.92 Å². The number of unbranched alkanes of at least 4 members (excludes halogenated alkanes) is 18. The van der Waals surface area contributed by atoms with Crippen LogP contribution in [0.15, 0.2) is 30.3 Å². The van der Waals surface area contributed by atoms with Crippen molar-refractivity contribution in [3.05, 3.63) is 35.9 Å². The van der Waals surface area contributed by atoms with Crippen molar-refractivity contribution in [1.29, 1.82) is 0 Å². The molecule has 0 aliphatic heterocycles. The van der Waals surface area contributed by atoms with Crippen LogP contribution in [0.5, 0.6) is 0 Å². The van der Waals surface area contributed by atoms with E-state index >= 15 is 0 Å². The minimum absolute atomic E-state index is 0. The molecule has 1 N–H and O–H groups in total. The summed E-state index contributed by atoms with van der Waals surface area (Å²) in [5.41, 5.74) is 1.66. The Morgan fingerprint density at radius 1 is 0.595 bits per heavy atom. The van der Waals surface area contributed by atoms with Crippen molar-refractivity contribution in [3.63, 3.8) is 0 Å². The molecule has 2 heteroatoms. The van der Waals surface area contributed by atoms with Crippen LogP contribution >= 0.6 is 12.4 Å². The minimum atomic E-state index is 0. The van der Waals surface area contributed by atoms with E-state index in [1.165, 1.54) is 147 Å². The topological polar surface area (TPSA) is 12.0 Å². The fourth-order valence-electron chi connectivity index (χ4n) is 5.65. The van der Waals surface area contributed by atoms with Crippen LogP contribution in [0.2, 0.25) is 0 Å². The zero-order valence-electron chi connectivity index (χ0n) is 25.6. The molecule has 1 rings (SSSR count). The molecule has 0 radical (unpaired) electrons. The van der Waals surface area contributed by atoms with Crippen molar-refractivity contribution < 1.29 is 0 Å². The summed E-state index contributed by atoms with van der Waals surface area (Å²) in [6.07, 6.45) is 31.2. The summed E-state index contributed by atoms with van der Waals surface area (Å²) < 4.78 is 0. The fourth-order valence-corrected chi connectivity index (χ4v) is 5.65. The van der Waals surface area contributed by atoms with Crippen molar-refractivity contribution in [2.75, 3.05) is 0 Å². The van der Waals surface area contributed by atoms with Gasteiger partial charge >= 0.3 is 0 Å². The van der Waals surface area contributed by atoms with Gasteiger partial charge in [-0.2, -0.15) is 0 Å². The van der Waals surface area contributed by atoms with Crippen molar-refractivity contribution in [2.45, 2.75) is 181 Å². The van der Waals surface area contributed by atoms with Gasteiger partial charge in [-0.1, -0.05) is 180 Å². The average molecular weight is 536 g/mol. The van der Waals surface area contributed by atoms with Gasteiger partial charge in [0.1, 0.15) is 0 Å². The fraction of sp³-hybridized carbons (Fsp3) is 0.829. The van der Waals surface area contributed by atoms with Crippen molar-refractivity contribution in [2.24, 2.45) is 5.92 Å². The predicted octanol–water partition coefficient (Wildman–Crippen LogP) is 12.2. The summed E-state index contributed by atoms with van der Waals surface area (Å²) >= 11 is 0. The first-order valence-corrected chi connectivity index (χ1v) is 16.4. The second-order valence-corrected chi connectivity index (χ2v) is 12.1. The summed E-state index contributed by atoms with van der Waals surface area (Å²) in [5, 5.41) is 4.03. The monoisotopic (exact) mass is 535 g/mol. The largest absolute Gasteiger partial charge is 0.307 e. The number of nitrogens with one attached hydrogen (secondary N) is 1. The first kappa shape index (κ1) is 36.5. The molecular weight excluding hydrogens is 470 g/mol. The van der Waals surface area contributed by atoms with Gasteiger partial charge in [0, 0.05) is 12.1 Å². The molecule has 0 aliphatic rings. The van der Waals surface area contributed by atoms with Crippen molar-refractivity contribution >= 4 is 12.4 Å². The lowest BCUT2D eigenvalue weighted by Gasteiger charge is -2.38. The predicted molar refractivity (Wildman–Crippen MR) is 171 cm³/mol. The highest BCUT2D eigenvalue weighted by atomic mass is 35.5. The highest BCUT2D eigenvalue weighted by Crippen LogP contribution is 2.29. The molecule has 1 aromatic carbocycles. The van der Waals surface area contributed by atoms with E-state index in [0.29, 0.717) is 0 Å². The third-order valence-corrected chi connectivity index (χ3v) is 8.67. The van der Waals surface area contributed by atoms with Gasteiger partial charge in [-0.05, 0) is 31.2 Å². The van der Waals surface area contributed by atoms with Gasteiger partial charge < -0.3 is 5.32 Å². The van der Waals surface area contributed by atoms with Gasteiger partial charge in [-0.25, -0.2) is 0 Å². The summed E-state index contributed by atoms with van der Waals surface area (Å²) in [6.45, 7) is 10.6. The summed E-state index contributed by atoms with van der Waals surface area (Å²) in [6, 6.07) is 11.0. The molecule has 0 spiro atoms. The molecule has 1 aromatic rings. The van der Waals surface area contributed by atoms with E-state index < -0.39 is 0 Å². The quantitative estimate of drug-likeness (QED) is 0.116. The molecule has 0 aromatic heterocycles. The van der Waals surface area contributed by atoms with E-state index in [-0.39, 0.29) is 17.9 Å². The second kappa shape index (κ2) is 25.7. The Morgan fingerprint density at radius 2 is 1.00 bits per heavy atom. The van der Waals surface area contributed by atoms with E-state index in [1.807, 2.05) is 0 Å². The molecule has 0 fully saturated rings. The second-order valence-electron chi connectivity index (χ2n) is 12.1. The van der Waals surface area contributed by atoms with Gasteiger partial charge in [0.2, 0.25) is 0 Å². The molecule has 0 amide bonds. The molecule has 0 saturated heterocycles. The lowest BCUT2D eigenvalue weighted by atomic mass is 9.79. The minimum Gasteiger partial charge on any atom is -0.307 e. The number of hydrogen-bond acceptors (Lipinski definition) is 1. The SMILES string of the molecule is CCCCCCCCCCCCC(C)C(C)(CCCCCCCCCCCC)NCc1ccccc1.Cl. The molecule has 2 atom stereocenters. The van der Waals surface area contributed by atoms with Crippen molar-refractivity contribution in [3.8, 4) is 0 Å². The molecule has 0 saturated carbocycles. The standard InChI is InChI=1S/C35H65N.ClH/c1-5-7-9-11-13-15-17-19-21-24-28-33(3)35(4,36-32-34-29-25-23-26-30-34)31-27-22-20-18-16-14-12-10-8-6-2;/h23,25-26,29-30,33,36H,5-22,24,27-28,31-32H2,1-4H3;1H. The molecule has 2 unspecified atom stereocenters. The molecule has 37 heavy (non-hydrogen) atoms. The van der Waals surface area contributed by atoms with Crippen LogP contribution in [-0.2, 0) is 6.54 Å². The Balaban J connectivity index is 0.0000130. The van der Waals surface area contributed by atoms with Crippen molar-refractivity contribution in [1.82, 2.24) is 5.32 Å². The van der Waals surface area contributed by atoms with E-state index in [9.17, 15) is 0 Å². The lowest BCUT2D eigenvalue weighted by Crippen LogP contribution is -2.47. The van der Waals surface area contributed by atoms with E-state index in [2.05, 4.69) is 63.3 Å². The summed E-state index contributed by atoms with van der Waals surface area (Å²) in [4.78, 5) is 0. The summed E-state index contributed by atoms with van der Waals surface area (Å²) in [7, 11) is 0. The van der Waals surface area contributed by atoms with Gasteiger partial charge in [-0.15, -0.1) is 12.4 Å². The van der Waals surface area contributed by atoms with E-state index in [4.69, 9.17) is 0 Å². The van der Waals surface area contributed by atoms with Crippen LogP contribution in [0.25, 0.3) is 0 Å². The average Bonchev–Trinajstić information content (AvgIpc) is 2.90. The highest BCUT2D eigenvalue weighted by Gasteiger charge is 2.29. The molecule has 0 heterocycles. The Hall–Kier alpha value is -0.530. The molecular formula is C35H66ClN. The van der Waals surface area contributed by atoms with E-state index in [1.54, 1.807) is 0 Å². The third kappa shape index (κ3) is 20.1. The zero-order valence-corrected chi connectivity index (χ0v) is 26.5. The lowest BCUT2D eigenvalue weighted by molar-refractivity contribution is 0.204. The first-order valence-electron chi connectivity index (χ1n) is 16.4. The number of benzene rings is 1. The smallest absolute Gasteiger partial charge is 0.0210 e. The number of halogens is 1. The Bertz CT molecular complexity index is 574. The van der Waals surface area contributed by atoms with Gasteiger partial charge in [-0.3, -0.25) is 0 Å². The Labute approximate surface area is 240 Å². The zero-order chi connectivity index (χ0) is 26.2. The Morgan fingerprint density at radius 3 is 1.46 bits per heavy atom. The first-order chi connectivity index (χ1) is 17.6. The maximum Gasteiger partial charge on any atom is 0.0210 e. The van der Waals surface area contributed by atoms with Gasteiger partial charge in [0.15, 0.2) is 0 Å². The van der Waals surface area contributed by atoms with Gasteiger partial charge in [0.25, 0.3) is 0 Å². The maximum absolute atomic E-state index is 4.03. The van der Waals surface area contributed by atoms with Crippen LogP contribution in [0.1, 0.15) is 175 Å². The summed E-state index contributed by atoms with van der Waals surface area (Å²) in [5.74, 6) is 0.730. The number of hydrogen-bond donors (Lipinski definition) is 1. The highest BCUT2D eigenvalue weighted by molar-refractivity contribution is 5.85. The van der Waals surface area contributed by atoms with E-state index in [0.717, 1.165) is 12.5 Å². The third-order valence-electron chi connectivity index (χ3n) is 8.67. The Kier molecular flexibility index (Phi) is 25.4. The van der Waals surface area contributed by atoms with Gasteiger partial charge in [0.05, 0.1) is 0 Å². The maximum atomic E-state index is 4.03. The van der Waals surface area contributed by atoms with Crippen LogP contribution in [-0.4, -0.2) is 5.54 Å². The molecule has 218 valence electrons. The number of rotatable bonds is 26. The normalized spacial score (nSPS) is 13.7. The van der Waals surface area contributed by atoms with Crippen LogP contribution in [0.4, 0.5) is 0 Å². The molecule has 0 bridgehead atoms. The van der Waals surface area contributed by atoms with Crippen LogP contribution < -0.4 is 5.32 Å². The molecule has 0 aliphatic carbocycles. The molecule has 1 nitrogen and oxygen atoms in total.